The lowest BCUT2D eigenvalue weighted by Crippen LogP contribution is -2.33. The van der Waals surface area contributed by atoms with E-state index in [0.717, 1.165) is 40.0 Å². The fourth-order valence-corrected chi connectivity index (χ4v) is 3.90. The monoisotopic (exact) mass is 348 g/mol. The molecule has 5 nitrogen and oxygen atoms in total. The summed E-state index contributed by atoms with van der Waals surface area (Å²) in [5.41, 5.74) is 5.44. The van der Waals surface area contributed by atoms with Crippen LogP contribution in [0.1, 0.15) is 28.9 Å². The standard InChI is InChI=1S/C19H16N4OS/c24-19(13-4-7-16-17(9-13)25-12-21-16)23(14-5-6-14)11-15-10-20-18-3-1-2-8-22(15)18/h1-4,7-10,12,14H,5-6,11H2. The van der Waals surface area contributed by atoms with Crippen molar-refractivity contribution in [3.05, 3.63) is 65.6 Å². The van der Waals surface area contributed by atoms with Crippen molar-refractivity contribution in [2.45, 2.75) is 25.4 Å². The highest BCUT2D eigenvalue weighted by molar-refractivity contribution is 7.16. The van der Waals surface area contributed by atoms with Gasteiger partial charge in [-0.05, 0) is 43.2 Å². The van der Waals surface area contributed by atoms with Crippen LogP contribution < -0.4 is 0 Å². The number of pyridine rings is 1. The molecule has 1 aliphatic carbocycles. The van der Waals surface area contributed by atoms with Gasteiger partial charge in [-0.3, -0.25) is 4.79 Å². The van der Waals surface area contributed by atoms with Crippen LogP contribution in [0.5, 0.6) is 0 Å². The largest absolute Gasteiger partial charge is 0.330 e. The first-order chi connectivity index (χ1) is 12.3. The zero-order chi connectivity index (χ0) is 16.8. The Morgan fingerprint density at radius 1 is 1.24 bits per heavy atom. The lowest BCUT2D eigenvalue weighted by Gasteiger charge is -2.22. The van der Waals surface area contributed by atoms with Gasteiger partial charge in [0.05, 0.1) is 34.2 Å². The van der Waals surface area contributed by atoms with E-state index in [2.05, 4.69) is 14.4 Å². The van der Waals surface area contributed by atoms with Gasteiger partial charge in [-0.2, -0.15) is 0 Å². The van der Waals surface area contributed by atoms with Crippen molar-refractivity contribution in [2.75, 3.05) is 0 Å². The summed E-state index contributed by atoms with van der Waals surface area (Å²) in [7, 11) is 0. The van der Waals surface area contributed by atoms with Crippen molar-refractivity contribution in [1.82, 2.24) is 19.3 Å². The van der Waals surface area contributed by atoms with E-state index in [-0.39, 0.29) is 5.91 Å². The Labute approximate surface area is 148 Å². The molecule has 124 valence electrons. The molecule has 0 unspecified atom stereocenters. The predicted octanol–water partition coefficient (Wildman–Crippen LogP) is 3.75. The van der Waals surface area contributed by atoms with Crippen LogP contribution in [0.4, 0.5) is 0 Å². The molecule has 0 saturated heterocycles. The Morgan fingerprint density at radius 3 is 3.04 bits per heavy atom. The summed E-state index contributed by atoms with van der Waals surface area (Å²) in [5, 5.41) is 0. The lowest BCUT2D eigenvalue weighted by atomic mass is 10.2. The van der Waals surface area contributed by atoms with E-state index in [1.807, 2.05) is 59.2 Å². The van der Waals surface area contributed by atoms with Gasteiger partial charge >= 0.3 is 0 Å². The van der Waals surface area contributed by atoms with E-state index in [1.165, 1.54) is 0 Å². The van der Waals surface area contributed by atoms with Gasteiger partial charge in [0.1, 0.15) is 5.65 Å². The molecule has 1 aliphatic rings. The summed E-state index contributed by atoms with van der Waals surface area (Å²) < 4.78 is 3.10. The maximum absolute atomic E-state index is 13.1. The van der Waals surface area contributed by atoms with E-state index >= 15 is 0 Å². The minimum Gasteiger partial charge on any atom is -0.330 e. The second kappa shape index (κ2) is 5.67. The van der Waals surface area contributed by atoms with Crippen molar-refractivity contribution in [3.63, 3.8) is 0 Å². The molecular weight excluding hydrogens is 332 g/mol. The normalized spacial score (nSPS) is 14.2. The first kappa shape index (κ1) is 14.6. The molecule has 6 heteroatoms. The number of rotatable bonds is 4. The van der Waals surface area contributed by atoms with Gasteiger partial charge in [0.25, 0.3) is 5.91 Å². The van der Waals surface area contributed by atoms with E-state index in [0.29, 0.717) is 12.6 Å². The molecule has 0 bridgehead atoms. The molecule has 1 saturated carbocycles. The van der Waals surface area contributed by atoms with E-state index in [1.54, 1.807) is 11.3 Å². The summed E-state index contributed by atoms with van der Waals surface area (Å²) in [5.74, 6) is 0.0867. The molecule has 5 rings (SSSR count). The molecule has 4 aromatic rings. The summed E-state index contributed by atoms with van der Waals surface area (Å²) in [6.07, 6.45) is 6.01. The van der Waals surface area contributed by atoms with Crippen molar-refractivity contribution in [2.24, 2.45) is 0 Å². The van der Waals surface area contributed by atoms with Crippen molar-refractivity contribution < 1.29 is 4.79 Å². The fraction of sp³-hybridized carbons (Fsp3) is 0.211. The zero-order valence-corrected chi connectivity index (χ0v) is 14.3. The first-order valence-corrected chi connectivity index (χ1v) is 9.23. The highest BCUT2D eigenvalue weighted by atomic mass is 32.1. The SMILES string of the molecule is O=C(c1ccc2ncsc2c1)N(Cc1cnc2ccccn12)C1CC1. The van der Waals surface area contributed by atoms with Crippen LogP contribution in [0, 0.1) is 0 Å². The van der Waals surface area contributed by atoms with Crippen LogP contribution in [0.25, 0.3) is 15.9 Å². The Hall–Kier alpha value is -2.73. The van der Waals surface area contributed by atoms with E-state index < -0.39 is 0 Å². The maximum Gasteiger partial charge on any atom is 0.254 e. The molecule has 1 aromatic carbocycles. The Balaban J connectivity index is 1.49. The second-order valence-corrected chi connectivity index (χ2v) is 7.26. The molecule has 0 atom stereocenters. The maximum atomic E-state index is 13.1. The van der Waals surface area contributed by atoms with Gasteiger partial charge < -0.3 is 9.30 Å². The predicted molar refractivity (Wildman–Crippen MR) is 97.7 cm³/mol. The highest BCUT2D eigenvalue weighted by Gasteiger charge is 2.33. The number of imidazole rings is 1. The average molecular weight is 348 g/mol. The molecule has 1 fully saturated rings. The van der Waals surface area contributed by atoms with Crippen LogP contribution in [-0.4, -0.2) is 31.2 Å². The first-order valence-electron chi connectivity index (χ1n) is 8.35. The van der Waals surface area contributed by atoms with Crippen LogP contribution >= 0.6 is 11.3 Å². The van der Waals surface area contributed by atoms with Gasteiger partial charge in [0.15, 0.2) is 0 Å². The second-order valence-electron chi connectivity index (χ2n) is 6.38. The Bertz CT molecular complexity index is 1080. The molecule has 25 heavy (non-hydrogen) atoms. The summed E-state index contributed by atoms with van der Waals surface area (Å²) in [6, 6.07) is 12.0. The third kappa shape index (κ3) is 2.59. The molecule has 0 N–H and O–H groups in total. The van der Waals surface area contributed by atoms with Crippen molar-refractivity contribution in [3.8, 4) is 0 Å². The van der Waals surface area contributed by atoms with E-state index in [4.69, 9.17) is 0 Å². The van der Waals surface area contributed by atoms with Crippen LogP contribution in [-0.2, 0) is 6.54 Å². The number of hydrogen-bond acceptors (Lipinski definition) is 4. The number of carbonyl (C=O) groups is 1. The van der Waals surface area contributed by atoms with Crippen molar-refractivity contribution >= 4 is 33.1 Å². The molecule has 0 radical (unpaired) electrons. The quantitative estimate of drug-likeness (QED) is 0.564. The third-order valence-electron chi connectivity index (χ3n) is 4.65. The average Bonchev–Trinajstić information content (AvgIpc) is 3.24. The molecule has 1 amide bonds. The number of amides is 1. The number of nitrogens with zero attached hydrogens (tertiary/aromatic N) is 4. The molecule has 0 spiro atoms. The third-order valence-corrected chi connectivity index (χ3v) is 5.44. The van der Waals surface area contributed by atoms with Crippen LogP contribution in [0.3, 0.4) is 0 Å². The van der Waals surface area contributed by atoms with Crippen molar-refractivity contribution in [1.29, 1.82) is 0 Å². The minimum atomic E-state index is 0.0867. The van der Waals surface area contributed by atoms with Gasteiger partial charge in [-0.15, -0.1) is 11.3 Å². The number of hydrogen-bond donors (Lipinski definition) is 0. The summed E-state index contributed by atoms with van der Waals surface area (Å²) in [4.78, 5) is 23.8. The zero-order valence-electron chi connectivity index (χ0n) is 13.5. The molecule has 3 aromatic heterocycles. The fourth-order valence-electron chi connectivity index (χ4n) is 3.18. The number of benzene rings is 1. The minimum absolute atomic E-state index is 0.0867. The molecular formula is C19H16N4OS. The van der Waals surface area contributed by atoms with Crippen LogP contribution in [0.15, 0.2) is 54.3 Å². The highest BCUT2D eigenvalue weighted by Crippen LogP contribution is 2.31. The molecule has 3 heterocycles. The Morgan fingerprint density at radius 2 is 2.16 bits per heavy atom. The van der Waals surface area contributed by atoms with Crippen LogP contribution in [0.2, 0.25) is 0 Å². The lowest BCUT2D eigenvalue weighted by molar-refractivity contribution is 0.0727. The number of fused-ring (bicyclic) bond motifs is 2. The molecule has 0 aliphatic heterocycles. The smallest absolute Gasteiger partial charge is 0.254 e. The Kier molecular flexibility index (Phi) is 3.31. The summed E-state index contributed by atoms with van der Waals surface area (Å²) >= 11 is 1.57. The van der Waals surface area contributed by atoms with E-state index in [9.17, 15) is 4.79 Å². The van der Waals surface area contributed by atoms with Gasteiger partial charge in [-0.25, -0.2) is 9.97 Å². The van der Waals surface area contributed by atoms with Gasteiger partial charge in [-0.1, -0.05) is 6.07 Å². The number of aromatic nitrogens is 3. The van der Waals surface area contributed by atoms with Gasteiger partial charge in [0.2, 0.25) is 0 Å². The number of thiazole rings is 1. The number of carbonyl (C=O) groups excluding carboxylic acids is 1. The van der Waals surface area contributed by atoms with Gasteiger partial charge in [0, 0.05) is 17.8 Å². The summed E-state index contributed by atoms with van der Waals surface area (Å²) in [6.45, 7) is 0.579. The topological polar surface area (TPSA) is 50.5 Å².